The third kappa shape index (κ3) is 3.23. The highest BCUT2D eigenvalue weighted by atomic mass is 79.9. The number of rotatable bonds is 5. The lowest BCUT2D eigenvalue weighted by atomic mass is 9.46. The van der Waals surface area contributed by atoms with Crippen LogP contribution in [0.2, 0.25) is 0 Å². The van der Waals surface area contributed by atoms with Crippen molar-refractivity contribution >= 4 is 27.5 Å². The predicted octanol–water partition coefficient (Wildman–Crippen LogP) is 4.58. The first-order valence-corrected chi connectivity index (χ1v) is 10.6. The van der Waals surface area contributed by atoms with E-state index in [-0.39, 0.29) is 22.9 Å². The van der Waals surface area contributed by atoms with Crippen molar-refractivity contribution in [1.29, 1.82) is 0 Å². The molecule has 6 rings (SSSR count). The number of hydrogen-bond acceptors (Lipinski definition) is 4. The molecule has 0 saturated heterocycles. The second-order valence-electron chi connectivity index (χ2n) is 8.75. The summed E-state index contributed by atoms with van der Waals surface area (Å²) in [4.78, 5) is 17.7. The average molecular weight is 467 g/mol. The molecule has 4 fully saturated rings. The molecule has 1 aromatic carbocycles. The fourth-order valence-corrected chi connectivity index (χ4v) is 6.51. The molecule has 4 bridgehead atoms. The summed E-state index contributed by atoms with van der Waals surface area (Å²) in [6, 6.07) is 6.34. The lowest BCUT2D eigenvalue weighted by Gasteiger charge is -2.60. The number of benzene rings is 1. The molecular weight excluding hydrogens is 446 g/mol. The molecule has 0 spiro atoms. The molecule has 0 aliphatic heterocycles. The van der Waals surface area contributed by atoms with Crippen molar-refractivity contribution in [3.63, 3.8) is 0 Å². The lowest BCUT2D eigenvalue weighted by molar-refractivity contribution is -0.150. The van der Waals surface area contributed by atoms with E-state index in [0.717, 1.165) is 32.1 Å². The van der Waals surface area contributed by atoms with E-state index >= 15 is 0 Å². The van der Waals surface area contributed by atoms with Crippen molar-refractivity contribution < 1.29 is 18.3 Å². The van der Waals surface area contributed by atoms with Crippen molar-refractivity contribution in [2.45, 2.75) is 50.7 Å². The Morgan fingerprint density at radius 1 is 1.24 bits per heavy atom. The number of hydrogen-bond donors (Lipinski definition) is 1. The van der Waals surface area contributed by atoms with Gasteiger partial charge in [-0.15, -0.1) is 5.10 Å². The quantitative estimate of drug-likeness (QED) is 0.700. The summed E-state index contributed by atoms with van der Waals surface area (Å²) in [5.41, 5.74) is -0.453. The molecule has 0 unspecified atom stereocenters. The summed E-state index contributed by atoms with van der Waals surface area (Å²) in [5, 5.41) is 7.40. The first-order valence-electron chi connectivity index (χ1n) is 9.80. The predicted molar refractivity (Wildman–Crippen MR) is 105 cm³/mol. The van der Waals surface area contributed by atoms with Crippen molar-refractivity contribution in [2.75, 3.05) is 5.32 Å². The van der Waals surface area contributed by atoms with Crippen LogP contribution in [-0.4, -0.2) is 27.3 Å². The molecule has 1 heterocycles. The summed E-state index contributed by atoms with van der Waals surface area (Å²) >= 11 is 3.33. The molecule has 2 atom stereocenters. The Labute approximate surface area is 175 Å². The molecule has 29 heavy (non-hydrogen) atoms. The van der Waals surface area contributed by atoms with Gasteiger partial charge in [0.15, 0.2) is 0 Å². The van der Waals surface area contributed by atoms with E-state index in [9.17, 15) is 13.6 Å². The van der Waals surface area contributed by atoms with Gasteiger partial charge >= 0.3 is 6.61 Å². The summed E-state index contributed by atoms with van der Waals surface area (Å²) in [7, 11) is 0. The molecule has 1 amide bonds. The Balaban J connectivity index is 1.45. The van der Waals surface area contributed by atoms with Gasteiger partial charge in [-0.3, -0.25) is 4.79 Å². The third-order valence-electron chi connectivity index (χ3n) is 6.81. The first kappa shape index (κ1) is 19.0. The van der Waals surface area contributed by atoms with Gasteiger partial charge in [-0.2, -0.15) is 8.78 Å². The number of anilines is 1. The number of nitrogens with zero attached hydrogens (tertiary/aromatic N) is 3. The number of aromatic nitrogens is 3. The number of nitrogens with one attached hydrogen (secondary N) is 1. The van der Waals surface area contributed by atoms with Crippen LogP contribution in [0.1, 0.15) is 38.5 Å². The van der Waals surface area contributed by atoms with Crippen LogP contribution in [0.3, 0.4) is 0 Å². The van der Waals surface area contributed by atoms with Gasteiger partial charge in [0.25, 0.3) is 0 Å². The smallest absolute Gasteiger partial charge is 0.387 e. The first-order chi connectivity index (χ1) is 13.9. The maximum Gasteiger partial charge on any atom is 0.387 e. The third-order valence-corrected chi connectivity index (χ3v) is 7.18. The maximum atomic E-state index is 13.5. The van der Waals surface area contributed by atoms with E-state index in [1.165, 1.54) is 6.07 Å². The summed E-state index contributed by atoms with van der Waals surface area (Å²) in [6.45, 7) is -2.94. The Morgan fingerprint density at radius 3 is 2.62 bits per heavy atom. The Morgan fingerprint density at radius 2 is 1.97 bits per heavy atom. The number of halogens is 3. The molecule has 2 aromatic rings. The molecule has 4 aliphatic carbocycles. The zero-order valence-electron chi connectivity index (χ0n) is 15.7. The van der Waals surface area contributed by atoms with E-state index in [2.05, 4.69) is 36.1 Å². The molecule has 4 saturated carbocycles. The highest BCUT2D eigenvalue weighted by molar-refractivity contribution is 9.10. The number of ether oxygens (including phenoxy) is 1. The Kier molecular flexibility index (Phi) is 4.42. The zero-order chi connectivity index (χ0) is 20.2. The number of carbonyl (C=O) groups is 1. The average Bonchev–Trinajstić information content (AvgIpc) is 3.09. The van der Waals surface area contributed by atoms with Crippen LogP contribution < -0.4 is 10.1 Å². The fraction of sp³-hybridized carbons (Fsp3) is 0.550. The van der Waals surface area contributed by atoms with Crippen LogP contribution in [0, 0.1) is 17.3 Å². The summed E-state index contributed by atoms with van der Waals surface area (Å²) < 4.78 is 32.5. The van der Waals surface area contributed by atoms with E-state index in [1.807, 2.05) is 4.68 Å². The highest BCUT2D eigenvalue weighted by Crippen LogP contribution is 2.64. The van der Waals surface area contributed by atoms with E-state index in [1.54, 1.807) is 24.5 Å². The van der Waals surface area contributed by atoms with E-state index in [4.69, 9.17) is 0 Å². The number of alkyl halides is 2. The van der Waals surface area contributed by atoms with Crippen LogP contribution in [0.4, 0.5) is 14.5 Å². The molecule has 9 heteroatoms. The molecule has 1 N–H and O–H groups in total. The van der Waals surface area contributed by atoms with Gasteiger partial charge in [0, 0.05) is 0 Å². The second kappa shape index (κ2) is 6.75. The minimum absolute atomic E-state index is 0.0181. The normalized spacial score (nSPS) is 32.6. The maximum absolute atomic E-state index is 13.5. The van der Waals surface area contributed by atoms with Crippen molar-refractivity contribution in [3.8, 4) is 5.75 Å². The molecule has 1 aromatic heterocycles. The molecule has 0 radical (unpaired) electrons. The van der Waals surface area contributed by atoms with Gasteiger partial charge in [0.05, 0.1) is 16.6 Å². The molecule has 154 valence electrons. The molecular formula is C20H21BrF2N4O2. The van der Waals surface area contributed by atoms with Gasteiger partial charge in [-0.25, -0.2) is 9.67 Å². The number of para-hydroxylation sites is 2. The lowest BCUT2D eigenvalue weighted by Crippen LogP contribution is -2.60. The van der Waals surface area contributed by atoms with Crippen LogP contribution >= 0.6 is 15.9 Å². The fourth-order valence-electron chi connectivity index (χ4n) is 6.24. The monoisotopic (exact) mass is 466 g/mol. The molecule has 4 aliphatic rings. The van der Waals surface area contributed by atoms with Gasteiger partial charge < -0.3 is 10.1 Å². The van der Waals surface area contributed by atoms with Crippen LogP contribution in [0.25, 0.3) is 0 Å². The van der Waals surface area contributed by atoms with Crippen molar-refractivity contribution in [3.05, 3.63) is 35.3 Å². The summed E-state index contributed by atoms with van der Waals surface area (Å²) in [6.07, 6.45) is 7.22. The topological polar surface area (TPSA) is 69.0 Å². The van der Waals surface area contributed by atoms with Crippen molar-refractivity contribution in [1.82, 2.24) is 14.8 Å². The number of amides is 1. The Bertz CT molecular complexity index is 936. The standard InChI is InChI=1S/C20H21BrF2N4O2/c21-17-24-11-27(26-17)20-8-12-5-13(9-20)7-19(6-12,10-20)16(28)25-14-3-1-2-4-15(14)29-18(22)23/h1-4,11-13,18H,5-10H2,(H,25,28)/t12-,13-,19?,20?/m1/s1. The Hall–Kier alpha value is -2.03. The number of carbonyl (C=O) groups excluding carboxylic acids is 1. The second-order valence-corrected chi connectivity index (χ2v) is 9.46. The summed E-state index contributed by atoms with van der Waals surface area (Å²) in [5.74, 6) is 0.783. The minimum atomic E-state index is -2.94. The minimum Gasteiger partial charge on any atom is -0.433 e. The van der Waals surface area contributed by atoms with Crippen LogP contribution in [-0.2, 0) is 10.3 Å². The SMILES string of the molecule is O=C(Nc1ccccc1OC(F)F)C12C[C@H]3C[C@H](C1)CC(n1cnc(Br)n1)(C3)C2. The zero-order valence-corrected chi connectivity index (χ0v) is 17.2. The van der Waals surface area contributed by atoms with Crippen molar-refractivity contribution in [2.24, 2.45) is 17.3 Å². The largest absolute Gasteiger partial charge is 0.433 e. The van der Waals surface area contributed by atoms with Gasteiger partial charge in [0.1, 0.15) is 12.1 Å². The van der Waals surface area contributed by atoms with E-state index in [0.29, 0.717) is 23.0 Å². The van der Waals surface area contributed by atoms with Gasteiger partial charge in [-0.05, 0) is 78.4 Å². The van der Waals surface area contributed by atoms with Gasteiger partial charge in [-0.1, -0.05) is 12.1 Å². The van der Waals surface area contributed by atoms with E-state index < -0.39 is 12.0 Å². The highest BCUT2D eigenvalue weighted by Gasteiger charge is 2.61. The van der Waals surface area contributed by atoms with Crippen LogP contribution in [0.5, 0.6) is 5.75 Å². The van der Waals surface area contributed by atoms with Gasteiger partial charge in [0.2, 0.25) is 10.6 Å². The molecule has 6 nitrogen and oxygen atoms in total. The van der Waals surface area contributed by atoms with Crippen LogP contribution in [0.15, 0.2) is 35.3 Å².